The molecule has 1 amide bonds. The van der Waals surface area contributed by atoms with E-state index in [-0.39, 0.29) is 41.3 Å². The van der Waals surface area contributed by atoms with E-state index in [1.54, 1.807) is 36.7 Å². The van der Waals surface area contributed by atoms with Gasteiger partial charge in [0.2, 0.25) is 0 Å². The van der Waals surface area contributed by atoms with Gasteiger partial charge in [0, 0.05) is 81.0 Å². The Morgan fingerprint density at radius 1 is 0.868 bits per heavy atom. The molecule has 2 saturated heterocycles. The SMILES string of the molecule is C[C@H]1[C@@H](CN2CCN(c3ccc([N+](=O)[O-])cc3)CC2)O[C@@H](c2cccc(-c3cccc(CNC(=O)c4cccnc4)c3)c2)O[C@H]1c1ccc(CO)cc1. The van der Waals surface area contributed by atoms with Crippen LogP contribution in [0.4, 0.5) is 11.4 Å². The van der Waals surface area contributed by atoms with Crippen LogP contribution in [-0.2, 0) is 22.6 Å². The number of nitrogens with one attached hydrogen (secondary N) is 1. The zero-order valence-corrected chi connectivity index (χ0v) is 29.6. The highest BCUT2D eigenvalue weighted by atomic mass is 16.7. The standard InChI is InChI=1S/C42H43N5O6/c1-29-39(27-45-19-21-46(22-20-45)37-14-16-38(17-15-37)47(50)51)52-42(53-40(29)32-12-10-30(28-48)11-13-32)35-8-3-7-34(24-35)33-6-2-5-31(23-33)25-44-41(49)36-9-4-18-43-26-36/h2-18,23-24,26,29,39-40,42,48H,19-22,25,27-28H2,1H3,(H,44,49)/t29-,39+,40+,42+/m0/s1. The number of anilines is 1. The first-order valence-electron chi connectivity index (χ1n) is 17.9. The van der Waals surface area contributed by atoms with Crippen LogP contribution in [0.2, 0.25) is 0 Å². The quantitative estimate of drug-likeness (QED) is 0.114. The van der Waals surface area contributed by atoms with Crippen LogP contribution >= 0.6 is 0 Å². The molecule has 11 heteroatoms. The molecule has 4 atom stereocenters. The average Bonchev–Trinajstić information content (AvgIpc) is 3.21. The lowest BCUT2D eigenvalue weighted by Gasteiger charge is -2.44. The number of ether oxygens (including phenoxy) is 2. The van der Waals surface area contributed by atoms with E-state index in [0.717, 1.165) is 71.8 Å². The lowest BCUT2D eigenvalue weighted by Crippen LogP contribution is -2.51. The molecule has 4 aromatic carbocycles. The summed E-state index contributed by atoms with van der Waals surface area (Å²) in [6, 6.07) is 34.5. The maximum absolute atomic E-state index is 12.6. The number of pyridine rings is 1. The highest BCUT2D eigenvalue weighted by Crippen LogP contribution is 2.42. The summed E-state index contributed by atoms with van der Waals surface area (Å²) in [5.41, 5.74) is 7.39. The van der Waals surface area contributed by atoms with E-state index in [2.05, 4.69) is 51.3 Å². The van der Waals surface area contributed by atoms with Crippen LogP contribution < -0.4 is 10.2 Å². The average molecular weight is 714 g/mol. The van der Waals surface area contributed by atoms with Crippen LogP contribution in [0.25, 0.3) is 11.1 Å². The Kier molecular flexibility index (Phi) is 11.2. The molecule has 5 aromatic rings. The van der Waals surface area contributed by atoms with Crippen molar-refractivity contribution in [3.8, 4) is 11.1 Å². The number of carbonyl (C=O) groups is 1. The number of piperazine rings is 1. The third-order valence-electron chi connectivity index (χ3n) is 10.2. The molecular weight excluding hydrogens is 670 g/mol. The van der Waals surface area contributed by atoms with Crippen molar-refractivity contribution in [3.63, 3.8) is 0 Å². The number of benzene rings is 4. The van der Waals surface area contributed by atoms with E-state index in [1.165, 1.54) is 0 Å². The van der Waals surface area contributed by atoms with Crippen LogP contribution in [0.3, 0.4) is 0 Å². The first kappa shape index (κ1) is 35.9. The van der Waals surface area contributed by atoms with Gasteiger partial charge in [-0.2, -0.15) is 0 Å². The van der Waals surface area contributed by atoms with Crippen LogP contribution in [0.1, 0.15) is 51.9 Å². The minimum absolute atomic E-state index is 0.0214. The molecule has 53 heavy (non-hydrogen) atoms. The number of hydrogen-bond donors (Lipinski definition) is 2. The highest BCUT2D eigenvalue weighted by Gasteiger charge is 2.39. The van der Waals surface area contributed by atoms with Crippen LogP contribution in [0, 0.1) is 16.0 Å². The first-order chi connectivity index (χ1) is 25.8. The summed E-state index contributed by atoms with van der Waals surface area (Å²) in [5.74, 6) is -0.131. The monoisotopic (exact) mass is 713 g/mol. The molecule has 2 aliphatic rings. The van der Waals surface area contributed by atoms with Crippen molar-refractivity contribution < 1.29 is 24.3 Å². The number of aliphatic hydroxyl groups excluding tert-OH is 1. The summed E-state index contributed by atoms with van der Waals surface area (Å²) >= 11 is 0. The van der Waals surface area contributed by atoms with Crippen molar-refractivity contribution in [3.05, 3.63) is 160 Å². The van der Waals surface area contributed by atoms with Crippen molar-refractivity contribution in [1.29, 1.82) is 0 Å². The van der Waals surface area contributed by atoms with Crippen molar-refractivity contribution in [2.75, 3.05) is 37.6 Å². The smallest absolute Gasteiger partial charge is 0.269 e. The minimum atomic E-state index is -0.609. The van der Waals surface area contributed by atoms with E-state index in [1.807, 2.05) is 60.7 Å². The van der Waals surface area contributed by atoms with Gasteiger partial charge in [0.1, 0.15) is 0 Å². The third kappa shape index (κ3) is 8.61. The van der Waals surface area contributed by atoms with Gasteiger partial charge < -0.3 is 24.8 Å². The second-order valence-corrected chi connectivity index (χ2v) is 13.6. The molecule has 0 radical (unpaired) electrons. The molecule has 272 valence electrons. The van der Waals surface area contributed by atoms with E-state index in [9.17, 15) is 20.0 Å². The molecule has 1 aromatic heterocycles. The van der Waals surface area contributed by atoms with Gasteiger partial charge in [-0.15, -0.1) is 0 Å². The van der Waals surface area contributed by atoms with Crippen LogP contribution in [0.5, 0.6) is 0 Å². The van der Waals surface area contributed by atoms with Crippen molar-refractivity contribution in [2.45, 2.75) is 38.6 Å². The second-order valence-electron chi connectivity index (χ2n) is 13.6. The van der Waals surface area contributed by atoms with E-state index < -0.39 is 6.29 Å². The number of carbonyl (C=O) groups excluding carboxylic acids is 1. The van der Waals surface area contributed by atoms with Gasteiger partial charge in [-0.25, -0.2) is 0 Å². The largest absolute Gasteiger partial charge is 0.392 e. The molecule has 3 heterocycles. The molecule has 0 bridgehead atoms. The normalized spacial score (nSPS) is 20.5. The summed E-state index contributed by atoms with van der Waals surface area (Å²) in [6.07, 6.45) is 2.23. The molecule has 7 rings (SSSR count). The van der Waals surface area contributed by atoms with Gasteiger partial charge >= 0.3 is 0 Å². The highest BCUT2D eigenvalue weighted by molar-refractivity contribution is 5.93. The number of nitro benzene ring substituents is 1. The molecule has 0 spiro atoms. The Hall–Kier alpha value is -5.46. The zero-order chi connectivity index (χ0) is 36.7. The number of aromatic nitrogens is 1. The van der Waals surface area contributed by atoms with E-state index in [0.29, 0.717) is 12.1 Å². The summed E-state index contributed by atoms with van der Waals surface area (Å²) in [7, 11) is 0. The second kappa shape index (κ2) is 16.5. The van der Waals surface area contributed by atoms with Gasteiger partial charge in [-0.3, -0.25) is 24.8 Å². The van der Waals surface area contributed by atoms with Crippen molar-refractivity contribution in [2.24, 2.45) is 5.92 Å². The summed E-state index contributed by atoms with van der Waals surface area (Å²) in [5, 5.41) is 23.8. The number of nitro groups is 1. The Balaban J connectivity index is 1.07. The molecule has 0 saturated carbocycles. The van der Waals surface area contributed by atoms with Crippen LogP contribution in [0.15, 0.2) is 122 Å². The molecule has 11 nitrogen and oxygen atoms in total. The lowest BCUT2D eigenvalue weighted by atomic mass is 9.89. The first-order valence-corrected chi connectivity index (χ1v) is 17.9. The Labute approximate surface area is 309 Å². The molecule has 0 aliphatic carbocycles. The van der Waals surface area contributed by atoms with E-state index in [4.69, 9.17) is 9.47 Å². The summed E-state index contributed by atoms with van der Waals surface area (Å²) < 4.78 is 13.6. The van der Waals surface area contributed by atoms with Crippen molar-refractivity contribution >= 4 is 17.3 Å². The van der Waals surface area contributed by atoms with Crippen molar-refractivity contribution in [1.82, 2.24) is 15.2 Å². The topological polar surface area (TPSA) is 130 Å². The maximum atomic E-state index is 12.6. The number of nitrogens with zero attached hydrogens (tertiary/aromatic N) is 4. The summed E-state index contributed by atoms with van der Waals surface area (Å²) in [6.45, 7) is 6.54. The molecule has 2 fully saturated rings. The Morgan fingerprint density at radius 2 is 1.60 bits per heavy atom. The number of amides is 1. The zero-order valence-electron chi connectivity index (χ0n) is 29.6. The summed E-state index contributed by atoms with van der Waals surface area (Å²) in [4.78, 5) is 32.1. The number of non-ortho nitro benzene ring substituents is 1. The Bertz CT molecular complexity index is 2000. The van der Waals surface area contributed by atoms with Gasteiger partial charge in [0.25, 0.3) is 11.6 Å². The Morgan fingerprint density at radius 3 is 2.30 bits per heavy atom. The van der Waals surface area contributed by atoms with E-state index >= 15 is 0 Å². The fourth-order valence-electron chi connectivity index (χ4n) is 7.06. The molecular formula is C42H43N5O6. The minimum Gasteiger partial charge on any atom is -0.392 e. The number of aliphatic hydroxyl groups is 1. The molecule has 2 aliphatic heterocycles. The third-order valence-corrected chi connectivity index (χ3v) is 10.2. The van der Waals surface area contributed by atoms with Crippen LogP contribution in [-0.4, -0.2) is 64.6 Å². The van der Waals surface area contributed by atoms with Gasteiger partial charge in [0.15, 0.2) is 6.29 Å². The molecule has 0 unspecified atom stereocenters. The number of rotatable bonds is 11. The number of hydrogen-bond acceptors (Lipinski definition) is 9. The van der Waals surface area contributed by atoms with Gasteiger partial charge in [0.05, 0.1) is 29.3 Å². The van der Waals surface area contributed by atoms with Gasteiger partial charge in [-0.05, 0) is 64.2 Å². The fraction of sp³-hybridized carbons (Fsp3) is 0.286. The predicted molar refractivity (Wildman–Crippen MR) is 202 cm³/mol. The van der Waals surface area contributed by atoms with Gasteiger partial charge in [-0.1, -0.05) is 67.6 Å². The maximum Gasteiger partial charge on any atom is 0.269 e. The fourth-order valence-corrected chi connectivity index (χ4v) is 7.06. The predicted octanol–water partition coefficient (Wildman–Crippen LogP) is 6.69. The lowest BCUT2D eigenvalue weighted by molar-refractivity contribution is -0.384. The molecule has 2 N–H and O–H groups in total.